The molecule has 3 rings (SSSR count). The largest absolute Gasteiger partial charge is 0.473 e. The summed E-state index contributed by atoms with van der Waals surface area (Å²) in [5.41, 5.74) is 0.704. The summed E-state index contributed by atoms with van der Waals surface area (Å²) in [5.74, 6) is -3.53. The molecule has 2 aliphatic rings. The monoisotopic (exact) mass is 410 g/mol. The van der Waals surface area contributed by atoms with Gasteiger partial charge in [0.05, 0.1) is 0 Å². The number of carbonyl (C=O) groups excluding carboxylic acids is 1. The fourth-order valence-electron chi connectivity index (χ4n) is 3.72. The van der Waals surface area contributed by atoms with E-state index in [-0.39, 0.29) is 5.91 Å². The quantitative estimate of drug-likeness (QED) is 0.574. The Bertz CT molecular complexity index is 669. The molecule has 8 heteroatoms. The molecule has 2 fully saturated rings. The molecular weight excluding hydrogens is 384 g/mol. The van der Waals surface area contributed by atoms with Crippen LogP contribution in [0.2, 0.25) is 5.02 Å². The second kappa shape index (κ2) is 11.0. The predicted molar refractivity (Wildman–Crippen MR) is 106 cm³/mol. The highest BCUT2D eigenvalue weighted by Gasteiger charge is 2.27. The number of amides is 1. The molecular formula is C20H27ClN2O5. The van der Waals surface area contributed by atoms with Crippen molar-refractivity contribution in [3.05, 3.63) is 34.9 Å². The van der Waals surface area contributed by atoms with E-state index in [1.807, 2.05) is 23.1 Å². The molecule has 28 heavy (non-hydrogen) atoms. The lowest BCUT2D eigenvalue weighted by Gasteiger charge is -2.39. The van der Waals surface area contributed by atoms with Crippen LogP contribution in [-0.4, -0.2) is 70.1 Å². The van der Waals surface area contributed by atoms with Crippen LogP contribution < -0.4 is 0 Å². The first kappa shape index (κ1) is 22.2. The second-order valence-corrected chi connectivity index (χ2v) is 7.53. The van der Waals surface area contributed by atoms with Gasteiger partial charge >= 0.3 is 11.9 Å². The maximum Gasteiger partial charge on any atom is 0.414 e. The predicted octanol–water partition coefficient (Wildman–Crippen LogP) is 2.98. The molecule has 2 N–H and O–H groups in total. The van der Waals surface area contributed by atoms with Gasteiger partial charge in [0.2, 0.25) is 0 Å². The summed E-state index contributed by atoms with van der Waals surface area (Å²) in [4.78, 5) is 35.3. The van der Waals surface area contributed by atoms with Crippen molar-refractivity contribution in [2.45, 2.75) is 44.6 Å². The smallest absolute Gasteiger partial charge is 0.414 e. The summed E-state index contributed by atoms with van der Waals surface area (Å²) >= 11 is 5.99. The Kier molecular flexibility index (Phi) is 8.73. The highest BCUT2D eigenvalue weighted by atomic mass is 35.5. The molecule has 1 amide bonds. The van der Waals surface area contributed by atoms with Crippen LogP contribution >= 0.6 is 11.6 Å². The molecule has 1 aliphatic heterocycles. The summed E-state index contributed by atoms with van der Waals surface area (Å²) in [6, 6.07) is 8.01. The molecule has 1 aliphatic carbocycles. The van der Waals surface area contributed by atoms with Gasteiger partial charge in [0.25, 0.3) is 5.91 Å². The van der Waals surface area contributed by atoms with Crippen LogP contribution in [0.15, 0.2) is 24.3 Å². The van der Waals surface area contributed by atoms with Gasteiger partial charge in [-0.1, -0.05) is 43.4 Å². The SMILES string of the molecule is O=C(O)C(=O)O.O=C(c1cccc(Cl)c1)N1CCN(C2CCCCCC2)CC1. The van der Waals surface area contributed by atoms with Crippen molar-refractivity contribution in [1.82, 2.24) is 9.80 Å². The fraction of sp³-hybridized carbons (Fsp3) is 0.550. The van der Waals surface area contributed by atoms with Gasteiger partial charge in [-0.3, -0.25) is 9.69 Å². The lowest BCUT2D eigenvalue weighted by atomic mass is 10.1. The average Bonchev–Trinajstić information content (AvgIpc) is 2.97. The van der Waals surface area contributed by atoms with Crippen molar-refractivity contribution in [1.29, 1.82) is 0 Å². The van der Waals surface area contributed by atoms with Gasteiger partial charge in [-0.2, -0.15) is 0 Å². The first-order chi connectivity index (χ1) is 13.4. The molecule has 0 bridgehead atoms. The number of hydrogen-bond acceptors (Lipinski definition) is 4. The molecule has 0 aromatic heterocycles. The zero-order valence-corrected chi connectivity index (χ0v) is 16.6. The van der Waals surface area contributed by atoms with E-state index in [9.17, 15) is 4.79 Å². The van der Waals surface area contributed by atoms with Gasteiger partial charge in [0.1, 0.15) is 0 Å². The fourth-order valence-corrected chi connectivity index (χ4v) is 3.91. The highest BCUT2D eigenvalue weighted by Crippen LogP contribution is 2.23. The number of rotatable bonds is 2. The van der Waals surface area contributed by atoms with E-state index >= 15 is 0 Å². The van der Waals surface area contributed by atoms with E-state index in [2.05, 4.69) is 4.90 Å². The highest BCUT2D eigenvalue weighted by molar-refractivity contribution is 6.31. The van der Waals surface area contributed by atoms with Gasteiger partial charge in [0.15, 0.2) is 0 Å². The average molecular weight is 411 g/mol. The number of carboxylic acids is 2. The zero-order chi connectivity index (χ0) is 20.5. The maximum absolute atomic E-state index is 12.5. The number of hydrogen-bond donors (Lipinski definition) is 2. The van der Waals surface area contributed by atoms with Crippen molar-refractivity contribution in [3.63, 3.8) is 0 Å². The normalized spacial score (nSPS) is 18.5. The molecule has 0 radical (unpaired) electrons. The number of halogens is 1. The summed E-state index contributed by atoms with van der Waals surface area (Å²) in [6.45, 7) is 3.69. The molecule has 0 atom stereocenters. The van der Waals surface area contributed by atoms with Crippen molar-refractivity contribution < 1.29 is 24.6 Å². The first-order valence-electron chi connectivity index (χ1n) is 9.63. The van der Waals surface area contributed by atoms with Crippen molar-refractivity contribution in [2.24, 2.45) is 0 Å². The summed E-state index contributed by atoms with van der Waals surface area (Å²) in [6.07, 6.45) is 8.19. The van der Waals surface area contributed by atoms with Gasteiger partial charge < -0.3 is 15.1 Å². The Morgan fingerprint density at radius 2 is 1.46 bits per heavy atom. The second-order valence-electron chi connectivity index (χ2n) is 7.09. The molecule has 154 valence electrons. The number of carboxylic acid groups (broad SMARTS) is 2. The number of benzene rings is 1. The van der Waals surface area contributed by atoms with Crippen molar-refractivity contribution >= 4 is 29.4 Å². The molecule has 1 aromatic rings. The standard InChI is InChI=1S/C18H25ClN2O.C2H2O4/c19-16-7-5-6-15(14-16)18(22)21-12-10-20(11-13-21)17-8-3-1-2-4-9-17;3-1(4)2(5)6/h5-7,14,17H,1-4,8-13H2;(H,3,4)(H,5,6). The van der Waals surface area contributed by atoms with E-state index < -0.39 is 11.9 Å². The Morgan fingerprint density at radius 1 is 0.893 bits per heavy atom. The maximum atomic E-state index is 12.5. The summed E-state index contributed by atoms with van der Waals surface area (Å²) in [5, 5.41) is 15.4. The van der Waals surface area contributed by atoms with Crippen molar-refractivity contribution in [3.8, 4) is 0 Å². The number of nitrogens with zero attached hydrogens (tertiary/aromatic N) is 2. The number of aliphatic carboxylic acids is 2. The topological polar surface area (TPSA) is 98.1 Å². The van der Waals surface area contributed by atoms with E-state index in [1.165, 1.54) is 38.5 Å². The molecule has 1 saturated heterocycles. The zero-order valence-electron chi connectivity index (χ0n) is 15.8. The molecule has 0 spiro atoms. The van der Waals surface area contributed by atoms with Crippen LogP contribution in [0.25, 0.3) is 0 Å². The molecule has 1 heterocycles. The molecule has 1 saturated carbocycles. The van der Waals surface area contributed by atoms with Crippen LogP contribution in [0, 0.1) is 0 Å². The summed E-state index contributed by atoms with van der Waals surface area (Å²) < 4.78 is 0. The third kappa shape index (κ3) is 6.80. The van der Waals surface area contributed by atoms with E-state index in [0.29, 0.717) is 10.6 Å². The Morgan fingerprint density at radius 3 is 1.96 bits per heavy atom. The van der Waals surface area contributed by atoms with E-state index in [0.717, 1.165) is 32.2 Å². The number of carbonyl (C=O) groups is 3. The van der Waals surface area contributed by atoms with Crippen molar-refractivity contribution in [2.75, 3.05) is 26.2 Å². The first-order valence-corrected chi connectivity index (χ1v) is 10.0. The third-order valence-electron chi connectivity index (χ3n) is 5.20. The van der Waals surface area contributed by atoms with Crippen LogP contribution in [0.4, 0.5) is 0 Å². The van der Waals surface area contributed by atoms with Crippen LogP contribution in [0.3, 0.4) is 0 Å². The third-order valence-corrected chi connectivity index (χ3v) is 5.43. The van der Waals surface area contributed by atoms with Gasteiger partial charge in [-0.25, -0.2) is 9.59 Å². The van der Waals surface area contributed by atoms with E-state index in [1.54, 1.807) is 6.07 Å². The van der Waals surface area contributed by atoms with Gasteiger partial charge in [-0.05, 0) is 31.0 Å². The van der Waals surface area contributed by atoms with Gasteiger partial charge in [0, 0.05) is 42.8 Å². The molecule has 7 nitrogen and oxygen atoms in total. The van der Waals surface area contributed by atoms with Crippen LogP contribution in [0.5, 0.6) is 0 Å². The Labute approximate surface area is 169 Å². The lowest BCUT2D eigenvalue weighted by Crippen LogP contribution is -2.51. The minimum absolute atomic E-state index is 0.114. The number of piperazine rings is 1. The minimum Gasteiger partial charge on any atom is -0.473 e. The Hall–Kier alpha value is -2.12. The van der Waals surface area contributed by atoms with E-state index in [4.69, 9.17) is 31.4 Å². The Balaban J connectivity index is 0.000000409. The lowest BCUT2D eigenvalue weighted by molar-refractivity contribution is -0.159. The molecule has 1 aromatic carbocycles. The van der Waals surface area contributed by atoms with Gasteiger partial charge in [-0.15, -0.1) is 0 Å². The van der Waals surface area contributed by atoms with Crippen LogP contribution in [0.1, 0.15) is 48.9 Å². The minimum atomic E-state index is -1.82. The van der Waals surface area contributed by atoms with Crippen LogP contribution in [-0.2, 0) is 9.59 Å². The molecule has 0 unspecified atom stereocenters. The summed E-state index contributed by atoms with van der Waals surface area (Å²) in [7, 11) is 0.